The molecule has 2 aliphatic rings. The van der Waals surface area contributed by atoms with Gasteiger partial charge in [0.15, 0.2) is 0 Å². The second-order valence-electron chi connectivity index (χ2n) is 27.0. The fraction of sp³-hybridized carbons (Fsp3) is 0.662. The SMILES string of the molecule is CCC(C)[C@@H](C(CC(=O)N1CCC[C@H]1C(OC)[C@@H](C)C(=O)N[C@H](C)[C@@H](O)c1ccccc1)OC)N(C)C(=O)[C@@H](NC(=O)[C@H](C(C)C)N(C)C(=O)OCc1ccc(NC(=O)[C@H](CCCNC(N)=O)NC(=O)C(NC(=O)CCCCCN2C(=O)CC(SCCC=O)C2=O)C(C)C)cc1)C(C)C. The minimum atomic E-state index is -1.13. The Kier molecular flexibility index (Phi) is 35.3. The van der Waals surface area contributed by atoms with E-state index in [-0.39, 0.29) is 81.3 Å². The van der Waals surface area contributed by atoms with Gasteiger partial charge in [-0.3, -0.25) is 53.0 Å². The van der Waals surface area contributed by atoms with Crippen LogP contribution >= 0.6 is 11.8 Å². The van der Waals surface area contributed by atoms with Crippen molar-refractivity contribution in [1.82, 2.24) is 46.2 Å². The molecule has 0 aliphatic carbocycles. The van der Waals surface area contributed by atoms with Gasteiger partial charge in [0, 0.05) is 78.7 Å². The van der Waals surface area contributed by atoms with E-state index >= 15 is 0 Å². The highest BCUT2D eigenvalue weighted by Gasteiger charge is 2.45. The van der Waals surface area contributed by atoms with E-state index in [1.807, 2.05) is 32.0 Å². The number of hydrogen-bond donors (Lipinski definition) is 8. The predicted octanol–water partition coefficient (Wildman–Crippen LogP) is 5.60. The first kappa shape index (κ1) is 83.7. The molecule has 2 saturated heterocycles. The molecule has 27 nitrogen and oxygen atoms in total. The van der Waals surface area contributed by atoms with Crippen LogP contribution in [0.4, 0.5) is 15.3 Å². The molecule has 5 unspecified atom stereocenters. The minimum Gasteiger partial charge on any atom is -0.445 e. The lowest BCUT2D eigenvalue weighted by Crippen LogP contribution is -2.60. The van der Waals surface area contributed by atoms with E-state index in [0.717, 1.165) is 6.29 Å². The summed E-state index contributed by atoms with van der Waals surface area (Å²) in [6, 6.07) is 8.66. The van der Waals surface area contributed by atoms with Crippen LogP contribution in [0.25, 0.3) is 0 Å². The van der Waals surface area contributed by atoms with Gasteiger partial charge in [-0.15, -0.1) is 11.8 Å². The number of amides is 12. The van der Waals surface area contributed by atoms with Crippen LogP contribution in [0.3, 0.4) is 0 Å². The summed E-state index contributed by atoms with van der Waals surface area (Å²) in [5, 5.41) is 27.1. The van der Waals surface area contributed by atoms with Crippen molar-refractivity contribution in [2.24, 2.45) is 35.3 Å². The summed E-state index contributed by atoms with van der Waals surface area (Å²) < 4.78 is 17.8. The van der Waals surface area contributed by atoms with Gasteiger partial charge in [-0.2, -0.15) is 0 Å². The Labute approximate surface area is 588 Å². The number of hydrogen-bond acceptors (Lipinski definition) is 17. The number of nitrogens with two attached hydrogens (primary N) is 1. The number of urea groups is 1. The van der Waals surface area contributed by atoms with E-state index in [9.17, 15) is 62.6 Å². The highest BCUT2D eigenvalue weighted by molar-refractivity contribution is 8.00. The van der Waals surface area contributed by atoms with Crippen LogP contribution in [0.1, 0.15) is 164 Å². The first-order chi connectivity index (χ1) is 46.9. The largest absolute Gasteiger partial charge is 0.445 e. The summed E-state index contributed by atoms with van der Waals surface area (Å²) in [4.78, 5) is 165. The van der Waals surface area contributed by atoms with Gasteiger partial charge in [-0.05, 0) is 92.4 Å². The normalized spacial score (nSPS) is 18.0. The number of aliphatic hydroxyl groups is 1. The molecule has 0 aromatic heterocycles. The number of rotatable bonds is 42. The zero-order valence-corrected chi connectivity index (χ0v) is 61.2. The number of likely N-dealkylation sites (tertiary alicyclic amines) is 2. The average molecular weight is 1410 g/mol. The van der Waals surface area contributed by atoms with Crippen molar-refractivity contribution in [3.8, 4) is 0 Å². The van der Waals surface area contributed by atoms with Crippen molar-refractivity contribution < 1.29 is 76.9 Å². The molecule has 99 heavy (non-hydrogen) atoms. The van der Waals surface area contributed by atoms with Gasteiger partial charge in [0.1, 0.15) is 37.1 Å². The molecule has 2 heterocycles. The lowest BCUT2D eigenvalue weighted by Gasteiger charge is -2.41. The molecule has 0 saturated carbocycles. The molecule has 13 atom stereocenters. The molecule has 2 aromatic carbocycles. The number of likely N-dealkylation sites (N-methyl/N-ethyl adjacent to an activating group) is 2. The van der Waals surface area contributed by atoms with Crippen molar-refractivity contribution in [2.75, 3.05) is 59.0 Å². The van der Waals surface area contributed by atoms with Gasteiger partial charge in [0.25, 0.3) is 0 Å². The fourth-order valence-electron chi connectivity index (χ4n) is 12.7. The molecule has 2 aliphatic heterocycles. The van der Waals surface area contributed by atoms with E-state index in [0.29, 0.717) is 74.1 Å². The van der Waals surface area contributed by atoms with E-state index in [1.165, 1.54) is 42.8 Å². The number of nitrogens with one attached hydrogen (secondary N) is 6. The Morgan fingerprint density at radius 3 is 2.03 bits per heavy atom. The van der Waals surface area contributed by atoms with E-state index in [1.54, 1.807) is 109 Å². The van der Waals surface area contributed by atoms with Crippen LogP contribution in [0.5, 0.6) is 0 Å². The molecule has 4 rings (SSSR count). The number of nitrogens with zero attached hydrogens (tertiary/aromatic N) is 4. The number of unbranched alkanes of at least 4 members (excludes halogenated alkanes) is 2. The molecular formula is C71H111N11O16S. The molecule has 0 radical (unpaired) electrons. The standard InChI is InChI=1S/C71H111N11O16S/c1-15-45(8)61(53(96-13)39-56(85)81-36-23-28-52(81)63(97-14)46(9)64(88)74-47(10)62(87)49-25-18-16-19-26-49)79(11)69(93)59(43(4)5)78-67(91)60(44(6)7)80(12)71(95)98-41-48-30-32-50(33-31-48)75-65(89)51(27-22-34-73-70(72)94)76-66(90)58(42(2)3)77-55(84)29-20-17-21-35-82-57(86)40-54(68(82)92)99-38-24-37-83/h16,18-19,25-26,30-33,37,42-47,51-54,58-63,87H,15,17,20-24,27-29,34-36,38-41H2,1-14H3,(H,74,88)(H,75,89)(H,76,90)(H,77,84)(H,78,91)(H3,72,73,94)/t45?,46-,47-,51+,52+,53?,54?,58?,59+,60+,61+,62-,63?/m1/s1. The third-order valence-electron chi connectivity index (χ3n) is 18.6. The number of anilines is 1. The van der Waals surface area contributed by atoms with Crippen LogP contribution in [0.15, 0.2) is 54.6 Å². The summed E-state index contributed by atoms with van der Waals surface area (Å²) in [5.74, 6) is -5.43. The Bertz CT molecular complexity index is 3000. The molecular weight excluding hydrogens is 1290 g/mol. The van der Waals surface area contributed by atoms with Gasteiger partial charge in [-0.25, -0.2) is 9.59 Å². The number of aldehydes is 1. The molecule has 12 amide bonds. The number of aliphatic hydroxyl groups excluding tert-OH is 1. The maximum Gasteiger partial charge on any atom is 0.410 e. The van der Waals surface area contributed by atoms with Gasteiger partial charge in [0.05, 0.1) is 54.0 Å². The Morgan fingerprint density at radius 1 is 0.768 bits per heavy atom. The van der Waals surface area contributed by atoms with Crippen LogP contribution < -0.4 is 37.6 Å². The van der Waals surface area contributed by atoms with Gasteiger partial charge >= 0.3 is 12.1 Å². The smallest absolute Gasteiger partial charge is 0.410 e. The van der Waals surface area contributed by atoms with Crippen LogP contribution in [-0.2, 0) is 68.8 Å². The summed E-state index contributed by atoms with van der Waals surface area (Å²) >= 11 is 1.29. The van der Waals surface area contributed by atoms with Crippen molar-refractivity contribution in [1.29, 1.82) is 0 Å². The Balaban J connectivity index is 1.36. The summed E-state index contributed by atoms with van der Waals surface area (Å²) in [6.45, 7) is 18.5. The van der Waals surface area contributed by atoms with Gasteiger partial charge in [-0.1, -0.05) is 118 Å². The quantitative estimate of drug-likeness (QED) is 0.0228. The number of methoxy groups -OCH3 is 2. The summed E-state index contributed by atoms with van der Waals surface area (Å²) in [6.07, 6.45) is 1.53. The first-order valence-corrected chi connectivity index (χ1v) is 35.7. The molecule has 28 heteroatoms. The summed E-state index contributed by atoms with van der Waals surface area (Å²) in [7, 11) is 6.07. The monoisotopic (exact) mass is 1410 g/mol. The lowest BCUT2D eigenvalue weighted by atomic mass is 9.89. The van der Waals surface area contributed by atoms with Crippen molar-refractivity contribution >= 4 is 89.0 Å². The number of carbonyl (C=O) groups excluding carboxylic acids is 12. The van der Waals surface area contributed by atoms with Crippen molar-refractivity contribution in [3.63, 3.8) is 0 Å². The van der Waals surface area contributed by atoms with Crippen LogP contribution in [0.2, 0.25) is 0 Å². The van der Waals surface area contributed by atoms with E-state index in [2.05, 4.69) is 31.9 Å². The highest BCUT2D eigenvalue weighted by Crippen LogP contribution is 2.31. The number of benzene rings is 2. The number of ether oxygens (including phenoxy) is 3. The van der Waals surface area contributed by atoms with Crippen LogP contribution in [0, 0.1) is 29.6 Å². The topological polar surface area (TPSA) is 364 Å². The Morgan fingerprint density at radius 2 is 1.43 bits per heavy atom. The van der Waals surface area contributed by atoms with Gasteiger partial charge in [0.2, 0.25) is 53.2 Å². The van der Waals surface area contributed by atoms with Crippen molar-refractivity contribution in [3.05, 3.63) is 65.7 Å². The zero-order valence-electron chi connectivity index (χ0n) is 60.4. The number of carbonyl (C=O) groups is 12. The van der Waals surface area contributed by atoms with Gasteiger partial charge < -0.3 is 71.5 Å². The second kappa shape index (κ2) is 41.8. The second-order valence-corrected chi connectivity index (χ2v) is 28.3. The predicted molar refractivity (Wildman–Crippen MR) is 376 cm³/mol. The zero-order chi connectivity index (χ0) is 73.8. The molecule has 2 aromatic rings. The van der Waals surface area contributed by atoms with Crippen LogP contribution in [-0.4, -0.2) is 210 Å². The molecule has 9 N–H and O–H groups in total. The minimum absolute atomic E-state index is 0.0640. The molecule has 0 spiro atoms. The molecule has 552 valence electrons. The van der Waals surface area contributed by atoms with E-state index in [4.69, 9.17) is 19.9 Å². The average Bonchev–Trinajstić information content (AvgIpc) is 1.80. The summed E-state index contributed by atoms with van der Waals surface area (Å²) in [5.41, 5.74) is 6.77. The first-order valence-electron chi connectivity index (χ1n) is 34.7. The third-order valence-corrected chi connectivity index (χ3v) is 19.8. The number of thioether (sulfide) groups is 1. The maximum absolute atomic E-state index is 14.8. The lowest BCUT2D eigenvalue weighted by molar-refractivity contribution is -0.148. The Hall–Kier alpha value is -7.69. The molecule has 0 bridgehead atoms. The molecule has 2 fully saturated rings. The maximum atomic E-state index is 14.8. The van der Waals surface area contributed by atoms with Crippen molar-refractivity contribution in [2.45, 2.75) is 219 Å². The third kappa shape index (κ3) is 25.2. The highest BCUT2D eigenvalue weighted by atomic mass is 32.2. The number of primary amides is 1. The van der Waals surface area contributed by atoms with E-state index < -0.39 is 131 Å². The number of imide groups is 1. The fourth-order valence-corrected chi connectivity index (χ4v) is 13.7.